The first-order chi connectivity index (χ1) is 8.29. The number of primary amides is 1. The van der Waals surface area contributed by atoms with Gasteiger partial charge in [0.05, 0.1) is 6.04 Å². The Balaban J connectivity index is 4.45. The minimum atomic E-state index is -1.21. The van der Waals surface area contributed by atoms with Crippen LogP contribution in [0.2, 0.25) is 0 Å². The Morgan fingerprint density at radius 3 is 2.28 bits per heavy atom. The molecule has 2 amide bonds. The highest BCUT2D eigenvalue weighted by molar-refractivity contribution is 5.87. The number of hydrogen-bond donors (Lipinski definition) is 4. The number of carbonyl (C=O) groups is 3. The first-order valence-corrected chi connectivity index (χ1v) is 5.86. The van der Waals surface area contributed by atoms with Crippen molar-refractivity contribution in [2.45, 2.75) is 45.2 Å². The molecule has 7 nitrogen and oxygen atoms in total. The van der Waals surface area contributed by atoms with Crippen molar-refractivity contribution in [2.75, 3.05) is 0 Å². The van der Waals surface area contributed by atoms with Gasteiger partial charge in [-0.25, -0.2) is 4.79 Å². The molecule has 0 aliphatic rings. The van der Waals surface area contributed by atoms with Crippen molar-refractivity contribution in [3.63, 3.8) is 0 Å². The monoisotopic (exact) mass is 259 g/mol. The molecule has 0 rings (SSSR count). The van der Waals surface area contributed by atoms with Crippen molar-refractivity contribution in [3.05, 3.63) is 0 Å². The van der Waals surface area contributed by atoms with Gasteiger partial charge in [-0.1, -0.05) is 20.3 Å². The number of rotatable bonds is 8. The summed E-state index contributed by atoms with van der Waals surface area (Å²) in [4.78, 5) is 33.2. The van der Waals surface area contributed by atoms with Crippen LogP contribution < -0.4 is 16.8 Å². The fraction of sp³-hybridized carbons (Fsp3) is 0.727. The summed E-state index contributed by atoms with van der Waals surface area (Å²) in [5.41, 5.74) is 10.6. The molecule has 0 aromatic rings. The minimum absolute atomic E-state index is 0.0381. The number of aliphatic carboxylic acids is 1. The molecule has 0 saturated heterocycles. The Hall–Kier alpha value is -1.63. The Bertz CT molecular complexity index is 319. The van der Waals surface area contributed by atoms with Gasteiger partial charge in [-0.3, -0.25) is 9.59 Å². The van der Waals surface area contributed by atoms with E-state index >= 15 is 0 Å². The van der Waals surface area contributed by atoms with E-state index in [0.717, 1.165) is 0 Å². The summed E-state index contributed by atoms with van der Waals surface area (Å²) >= 11 is 0. The number of nitrogens with one attached hydrogen (secondary N) is 1. The van der Waals surface area contributed by atoms with Crippen LogP contribution in [0.4, 0.5) is 0 Å². The van der Waals surface area contributed by atoms with Crippen molar-refractivity contribution < 1.29 is 19.5 Å². The van der Waals surface area contributed by atoms with Crippen molar-refractivity contribution >= 4 is 17.8 Å². The highest BCUT2D eigenvalue weighted by Gasteiger charge is 2.25. The van der Waals surface area contributed by atoms with E-state index in [4.69, 9.17) is 16.6 Å². The molecule has 0 saturated carbocycles. The summed E-state index contributed by atoms with van der Waals surface area (Å²) in [6.45, 7) is 3.70. The van der Waals surface area contributed by atoms with Crippen molar-refractivity contribution in [3.8, 4) is 0 Å². The normalized spacial score (nSPS) is 15.5. The molecule has 104 valence electrons. The highest BCUT2D eigenvalue weighted by Crippen LogP contribution is 2.06. The van der Waals surface area contributed by atoms with E-state index in [9.17, 15) is 14.4 Å². The van der Waals surface area contributed by atoms with Gasteiger partial charge in [0.2, 0.25) is 11.8 Å². The lowest BCUT2D eigenvalue weighted by atomic mass is 9.99. The number of amides is 2. The smallest absolute Gasteiger partial charge is 0.326 e. The minimum Gasteiger partial charge on any atom is -0.480 e. The summed E-state index contributed by atoms with van der Waals surface area (Å²) in [5.74, 6) is -2.39. The van der Waals surface area contributed by atoms with Gasteiger partial charge in [-0.2, -0.15) is 0 Å². The van der Waals surface area contributed by atoms with Gasteiger partial charge < -0.3 is 21.9 Å². The zero-order chi connectivity index (χ0) is 14.3. The summed E-state index contributed by atoms with van der Waals surface area (Å²) in [6.07, 6.45) is 0.576. The summed E-state index contributed by atoms with van der Waals surface area (Å²) in [5, 5.41) is 11.2. The number of carboxylic acids is 1. The maximum absolute atomic E-state index is 11.7. The maximum Gasteiger partial charge on any atom is 0.326 e. The van der Waals surface area contributed by atoms with Crippen LogP contribution in [-0.4, -0.2) is 35.0 Å². The van der Waals surface area contributed by atoms with E-state index in [2.05, 4.69) is 5.32 Å². The van der Waals surface area contributed by atoms with Gasteiger partial charge >= 0.3 is 5.97 Å². The van der Waals surface area contributed by atoms with E-state index < -0.39 is 29.9 Å². The number of carboxylic acid groups (broad SMARTS) is 1. The Morgan fingerprint density at radius 2 is 1.89 bits per heavy atom. The molecule has 0 heterocycles. The first-order valence-electron chi connectivity index (χ1n) is 5.86. The molecule has 0 bridgehead atoms. The van der Waals surface area contributed by atoms with E-state index in [1.165, 1.54) is 0 Å². The largest absolute Gasteiger partial charge is 0.480 e. The fourth-order valence-electron chi connectivity index (χ4n) is 1.32. The van der Waals surface area contributed by atoms with Crippen LogP contribution in [0.15, 0.2) is 0 Å². The molecule has 0 radical (unpaired) electrons. The predicted octanol–water partition coefficient (Wildman–Crippen LogP) is -0.805. The van der Waals surface area contributed by atoms with Gasteiger partial charge in [-0.15, -0.1) is 0 Å². The van der Waals surface area contributed by atoms with Crippen LogP contribution in [-0.2, 0) is 14.4 Å². The highest BCUT2D eigenvalue weighted by atomic mass is 16.4. The Kier molecular flexibility index (Phi) is 6.96. The van der Waals surface area contributed by atoms with E-state index in [1.807, 2.05) is 13.8 Å². The lowest BCUT2D eigenvalue weighted by Gasteiger charge is -2.20. The van der Waals surface area contributed by atoms with Crippen LogP contribution in [0.25, 0.3) is 0 Å². The van der Waals surface area contributed by atoms with Crippen molar-refractivity contribution in [1.29, 1.82) is 0 Å². The number of nitrogens with two attached hydrogens (primary N) is 2. The molecule has 0 aliphatic carbocycles. The molecule has 0 spiro atoms. The second kappa shape index (κ2) is 7.65. The molecule has 0 aromatic heterocycles. The third-order valence-corrected chi connectivity index (χ3v) is 2.85. The molecule has 0 aromatic carbocycles. The zero-order valence-corrected chi connectivity index (χ0v) is 10.7. The lowest BCUT2D eigenvalue weighted by Crippen LogP contribution is -2.50. The van der Waals surface area contributed by atoms with Crippen LogP contribution >= 0.6 is 0 Å². The third-order valence-electron chi connectivity index (χ3n) is 2.85. The Morgan fingerprint density at radius 1 is 1.33 bits per heavy atom. The van der Waals surface area contributed by atoms with Crippen LogP contribution in [0.5, 0.6) is 0 Å². The lowest BCUT2D eigenvalue weighted by molar-refractivity contribution is -0.142. The molecular weight excluding hydrogens is 238 g/mol. The zero-order valence-electron chi connectivity index (χ0n) is 10.7. The number of hydrogen-bond acceptors (Lipinski definition) is 4. The average Bonchev–Trinajstić information content (AvgIpc) is 2.31. The molecule has 2 unspecified atom stereocenters. The fourth-order valence-corrected chi connectivity index (χ4v) is 1.32. The third kappa shape index (κ3) is 5.62. The Labute approximate surface area is 106 Å². The molecular formula is C11H21N3O4. The average molecular weight is 259 g/mol. The van der Waals surface area contributed by atoms with Gasteiger partial charge in [0.1, 0.15) is 6.04 Å². The van der Waals surface area contributed by atoms with Crippen LogP contribution in [0.3, 0.4) is 0 Å². The second-order valence-electron chi connectivity index (χ2n) is 4.32. The number of carbonyl (C=O) groups excluding carboxylic acids is 2. The van der Waals surface area contributed by atoms with Crippen molar-refractivity contribution in [1.82, 2.24) is 5.32 Å². The van der Waals surface area contributed by atoms with Crippen LogP contribution in [0, 0.1) is 5.92 Å². The summed E-state index contributed by atoms with van der Waals surface area (Å²) in [6, 6.07) is -1.90. The first kappa shape index (κ1) is 16.4. The molecule has 7 heteroatoms. The topological polar surface area (TPSA) is 136 Å². The SMILES string of the molecule is CCC(C)C(N)C(=O)N[C@@H](CCC(N)=O)C(=O)O. The van der Waals surface area contributed by atoms with Gasteiger partial charge in [0.15, 0.2) is 0 Å². The van der Waals surface area contributed by atoms with E-state index in [0.29, 0.717) is 6.42 Å². The predicted molar refractivity (Wildman–Crippen MR) is 65.4 cm³/mol. The summed E-state index contributed by atoms with van der Waals surface area (Å²) in [7, 11) is 0. The van der Waals surface area contributed by atoms with Gasteiger partial charge in [-0.05, 0) is 12.3 Å². The van der Waals surface area contributed by atoms with Gasteiger partial charge in [0, 0.05) is 6.42 Å². The quantitative estimate of drug-likeness (QED) is 0.452. The molecule has 3 atom stereocenters. The molecule has 18 heavy (non-hydrogen) atoms. The van der Waals surface area contributed by atoms with Crippen LogP contribution in [0.1, 0.15) is 33.1 Å². The molecule has 0 fully saturated rings. The maximum atomic E-state index is 11.7. The molecule has 6 N–H and O–H groups in total. The second-order valence-corrected chi connectivity index (χ2v) is 4.32. The van der Waals surface area contributed by atoms with Gasteiger partial charge in [0.25, 0.3) is 0 Å². The van der Waals surface area contributed by atoms with E-state index in [-0.39, 0.29) is 18.8 Å². The van der Waals surface area contributed by atoms with Crippen molar-refractivity contribution in [2.24, 2.45) is 17.4 Å². The van der Waals surface area contributed by atoms with E-state index in [1.54, 1.807) is 0 Å². The molecule has 0 aliphatic heterocycles. The standard InChI is InChI=1S/C11H21N3O4/c1-3-6(2)9(13)10(16)14-7(11(17)18)4-5-8(12)15/h6-7,9H,3-5,13H2,1-2H3,(H2,12,15)(H,14,16)(H,17,18)/t6?,7-,9?/m0/s1. The summed E-state index contributed by atoms with van der Waals surface area (Å²) < 4.78 is 0.